The Balaban J connectivity index is 1.42. The second-order valence-corrected chi connectivity index (χ2v) is 10.3. The maximum Gasteiger partial charge on any atom is 0.274 e. The number of morpholine rings is 1. The van der Waals surface area contributed by atoms with E-state index in [1.165, 1.54) is 26.1 Å². The summed E-state index contributed by atoms with van der Waals surface area (Å²) in [6.45, 7) is 8.92. The molecule has 0 spiro atoms. The molecule has 2 aliphatic heterocycles. The van der Waals surface area contributed by atoms with E-state index in [1.54, 1.807) is 18.5 Å². The summed E-state index contributed by atoms with van der Waals surface area (Å²) in [5.41, 5.74) is 2.83. The predicted octanol–water partition coefficient (Wildman–Crippen LogP) is 4.70. The summed E-state index contributed by atoms with van der Waals surface area (Å²) in [4.78, 5) is 28.5. The summed E-state index contributed by atoms with van der Waals surface area (Å²) in [5.74, 6) is 0.161. The minimum atomic E-state index is -1.58. The van der Waals surface area contributed by atoms with Crippen molar-refractivity contribution in [1.29, 1.82) is 0 Å². The van der Waals surface area contributed by atoms with E-state index < -0.39 is 11.6 Å². The van der Waals surface area contributed by atoms with Crippen molar-refractivity contribution in [1.82, 2.24) is 15.0 Å². The Morgan fingerprint density at radius 2 is 1.79 bits per heavy atom. The van der Waals surface area contributed by atoms with E-state index in [2.05, 4.69) is 26.3 Å². The Hall–Kier alpha value is -3.63. The average Bonchev–Trinajstić information content (AvgIpc) is 2.95. The standard InChI is InChI=1S/C29H34FN5O4/c1-19-24(16-22(18-32-19)34-27(36)25-15-21(4-7-31-25)29(2,3)30)20-14-26(35-8-12-38-13-9-35)28(33-17-20)39-23-5-10-37-11-6-23/h4,7,14-18,23H,5-6,8-13H2,1-3H3,(H,34,36). The molecule has 5 heterocycles. The SMILES string of the molecule is Cc1ncc(NC(=O)c2cc(C(C)(C)F)ccn2)cc1-c1cnc(OC2CCOCC2)c(N2CCOCC2)c1. The molecule has 206 valence electrons. The Labute approximate surface area is 227 Å². The molecule has 3 aromatic rings. The van der Waals surface area contributed by atoms with Crippen LogP contribution in [0.4, 0.5) is 15.8 Å². The molecule has 0 saturated carbocycles. The van der Waals surface area contributed by atoms with Crippen LogP contribution in [0.1, 0.15) is 48.4 Å². The smallest absolute Gasteiger partial charge is 0.274 e. The number of carbonyl (C=O) groups excluding carboxylic acids is 1. The number of rotatable bonds is 7. The zero-order valence-electron chi connectivity index (χ0n) is 22.6. The second kappa shape index (κ2) is 11.6. The molecular weight excluding hydrogens is 501 g/mol. The van der Waals surface area contributed by atoms with Gasteiger partial charge >= 0.3 is 0 Å². The van der Waals surface area contributed by atoms with Crippen molar-refractivity contribution < 1.29 is 23.4 Å². The van der Waals surface area contributed by atoms with Crippen LogP contribution in [-0.2, 0) is 15.1 Å². The third-order valence-electron chi connectivity index (χ3n) is 6.97. The van der Waals surface area contributed by atoms with Gasteiger partial charge in [0.2, 0.25) is 5.88 Å². The molecule has 0 bridgehead atoms. The number of ether oxygens (including phenoxy) is 3. The Morgan fingerprint density at radius 1 is 1.05 bits per heavy atom. The molecule has 10 heteroatoms. The van der Waals surface area contributed by atoms with Crippen LogP contribution < -0.4 is 15.0 Å². The zero-order valence-corrected chi connectivity index (χ0v) is 22.6. The summed E-state index contributed by atoms with van der Waals surface area (Å²) >= 11 is 0. The Bertz CT molecular complexity index is 1320. The largest absolute Gasteiger partial charge is 0.473 e. The minimum absolute atomic E-state index is 0.0638. The van der Waals surface area contributed by atoms with E-state index >= 15 is 0 Å². The highest BCUT2D eigenvalue weighted by molar-refractivity contribution is 6.03. The van der Waals surface area contributed by atoms with E-state index in [9.17, 15) is 9.18 Å². The molecule has 39 heavy (non-hydrogen) atoms. The van der Waals surface area contributed by atoms with E-state index in [-0.39, 0.29) is 11.8 Å². The predicted molar refractivity (Wildman–Crippen MR) is 146 cm³/mol. The fraction of sp³-hybridized carbons (Fsp3) is 0.448. The van der Waals surface area contributed by atoms with Gasteiger partial charge in [0.1, 0.15) is 23.2 Å². The average molecular weight is 536 g/mol. The fourth-order valence-corrected chi connectivity index (χ4v) is 4.67. The van der Waals surface area contributed by atoms with Gasteiger partial charge in [0, 0.05) is 55.1 Å². The number of halogens is 1. The summed E-state index contributed by atoms with van der Waals surface area (Å²) in [7, 11) is 0. The van der Waals surface area contributed by atoms with Gasteiger partial charge in [0.05, 0.1) is 38.3 Å². The van der Waals surface area contributed by atoms with Crippen molar-refractivity contribution in [2.24, 2.45) is 0 Å². The van der Waals surface area contributed by atoms with Gasteiger partial charge in [0.25, 0.3) is 5.91 Å². The summed E-state index contributed by atoms with van der Waals surface area (Å²) in [6.07, 6.45) is 6.54. The topological polar surface area (TPSA) is 98.7 Å². The van der Waals surface area contributed by atoms with Crippen molar-refractivity contribution in [3.63, 3.8) is 0 Å². The van der Waals surface area contributed by atoms with Crippen LogP contribution in [0.2, 0.25) is 0 Å². The third kappa shape index (κ3) is 6.51. The number of hydrogen-bond donors (Lipinski definition) is 1. The van der Waals surface area contributed by atoms with Gasteiger partial charge in [-0.05, 0) is 50.6 Å². The number of amides is 1. The molecule has 0 radical (unpaired) electrons. The van der Waals surface area contributed by atoms with Gasteiger partial charge in [-0.3, -0.25) is 14.8 Å². The van der Waals surface area contributed by atoms with Gasteiger partial charge in [0.15, 0.2) is 0 Å². The van der Waals surface area contributed by atoms with E-state index in [0.29, 0.717) is 43.6 Å². The van der Waals surface area contributed by atoms with Gasteiger partial charge in [-0.25, -0.2) is 9.37 Å². The van der Waals surface area contributed by atoms with Crippen LogP contribution in [0.5, 0.6) is 5.88 Å². The number of aryl methyl sites for hydroxylation is 1. The summed E-state index contributed by atoms with van der Waals surface area (Å²) in [5, 5.41) is 2.85. The van der Waals surface area contributed by atoms with Crippen LogP contribution >= 0.6 is 0 Å². The molecule has 1 amide bonds. The Morgan fingerprint density at radius 3 is 2.54 bits per heavy atom. The maximum atomic E-state index is 14.4. The second-order valence-electron chi connectivity index (χ2n) is 10.3. The summed E-state index contributed by atoms with van der Waals surface area (Å²) in [6, 6.07) is 6.96. The summed E-state index contributed by atoms with van der Waals surface area (Å²) < 4.78 is 31.8. The normalized spacial score (nSPS) is 16.7. The lowest BCUT2D eigenvalue weighted by Crippen LogP contribution is -2.37. The van der Waals surface area contributed by atoms with Crippen LogP contribution in [0, 0.1) is 6.92 Å². The lowest BCUT2D eigenvalue weighted by Gasteiger charge is -2.31. The van der Waals surface area contributed by atoms with Gasteiger partial charge in [-0.15, -0.1) is 0 Å². The molecule has 9 nitrogen and oxygen atoms in total. The van der Waals surface area contributed by atoms with Crippen LogP contribution in [-0.4, -0.2) is 66.5 Å². The minimum Gasteiger partial charge on any atom is -0.473 e. The highest BCUT2D eigenvalue weighted by atomic mass is 19.1. The van der Waals surface area contributed by atoms with Crippen molar-refractivity contribution in [2.45, 2.75) is 45.4 Å². The van der Waals surface area contributed by atoms with Crippen LogP contribution in [0.3, 0.4) is 0 Å². The Kier molecular flexibility index (Phi) is 8.04. The lowest BCUT2D eigenvalue weighted by atomic mass is 10.0. The quantitative estimate of drug-likeness (QED) is 0.465. The number of hydrogen-bond acceptors (Lipinski definition) is 8. The first kappa shape index (κ1) is 27.0. The van der Waals surface area contributed by atoms with Gasteiger partial charge in [-0.1, -0.05) is 0 Å². The van der Waals surface area contributed by atoms with Crippen LogP contribution in [0.25, 0.3) is 11.1 Å². The highest BCUT2D eigenvalue weighted by Crippen LogP contribution is 2.35. The molecular formula is C29H34FN5O4. The first-order valence-electron chi connectivity index (χ1n) is 13.3. The molecule has 0 aliphatic carbocycles. The monoisotopic (exact) mass is 535 g/mol. The number of nitrogens with zero attached hydrogens (tertiary/aromatic N) is 4. The molecule has 2 saturated heterocycles. The van der Waals surface area contributed by atoms with Crippen molar-refractivity contribution in [2.75, 3.05) is 49.7 Å². The molecule has 1 N–H and O–H groups in total. The molecule has 0 aromatic carbocycles. The number of alkyl halides is 1. The number of carbonyl (C=O) groups is 1. The molecule has 0 atom stereocenters. The maximum absolute atomic E-state index is 14.4. The van der Waals surface area contributed by atoms with Crippen molar-refractivity contribution in [3.05, 3.63) is 59.8 Å². The molecule has 5 rings (SSSR count). The zero-order chi connectivity index (χ0) is 27.4. The number of aromatic nitrogens is 3. The highest BCUT2D eigenvalue weighted by Gasteiger charge is 2.24. The van der Waals surface area contributed by atoms with Crippen molar-refractivity contribution >= 4 is 17.3 Å². The van der Waals surface area contributed by atoms with Crippen LogP contribution in [0.15, 0.2) is 42.9 Å². The van der Waals surface area contributed by atoms with Gasteiger partial charge in [-0.2, -0.15) is 0 Å². The van der Waals surface area contributed by atoms with Crippen molar-refractivity contribution in [3.8, 4) is 17.0 Å². The first-order valence-corrected chi connectivity index (χ1v) is 13.3. The molecule has 2 aliphatic rings. The fourth-order valence-electron chi connectivity index (χ4n) is 4.67. The lowest BCUT2D eigenvalue weighted by molar-refractivity contribution is 0.0238. The van der Waals surface area contributed by atoms with E-state index in [0.717, 1.165) is 48.4 Å². The molecule has 2 fully saturated rings. The van der Waals surface area contributed by atoms with E-state index in [1.807, 2.05) is 13.0 Å². The first-order chi connectivity index (χ1) is 18.8. The molecule has 3 aromatic heterocycles. The van der Waals surface area contributed by atoms with E-state index in [4.69, 9.17) is 19.2 Å². The molecule has 0 unspecified atom stereocenters. The van der Waals surface area contributed by atoms with Gasteiger partial charge < -0.3 is 24.4 Å². The third-order valence-corrected chi connectivity index (χ3v) is 6.97. The number of pyridine rings is 3. The number of nitrogens with one attached hydrogen (secondary N) is 1. The number of anilines is 2.